The molecule has 0 radical (unpaired) electrons. The van der Waals surface area contributed by atoms with E-state index in [-0.39, 0.29) is 11.7 Å². The zero-order valence-corrected chi connectivity index (χ0v) is 15.0. The number of hydrogen-bond acceptors (Lipinski definition) is 3. The van der Waals surface area contributed by atoms with Crippen LogP contribution in [0.2, 0.25) is 5.02 Å². The van der Waals surface area contributed by atoms with Crippen LogP contribution in [-0.2, 0) is 13.0 Å². The van der Waals surface area contributed by atoms with E-state index in [0.29, 0.717) is 30.1 Å². The highest BCUT2D eigenvalue weighted by molar-refractivity contribution is 6.30. The molecule has 4 rings (SSSR count). The molecule has 26 heavy (non-hydrogen) atoms. The van der Waals surface area contributed by atoms with Crippen molar-refractivity contribution in [1.29, 1.82) is 0 Å². The predicted molar refractivity (Wildman–Crippen MR) is 100 cm³/mol. The minimum absolute atomic E-state index is 0.0194. The molecule has 0 saturated carbocycles. The number of aryl methyl sites for hydroxylation is 1. The van der Waals surface area contributed by atoms with Gasteiger partial charge < -0.3 is 10.0 Å². The van der Waals surface area contributed by atoms with E-state index in [0.717, 1.165) is 28.1 Å². The minimum Gasteiger partial charge on any atom is -0.507 e. The molecule has 1 aromatic heterocycles. The molecular weight excluding hydrogens is 350 g/mol. The summed E-state index contributed by atoms with van der Waals surface area (Å²) in [5.41, 5.74) is 5.10. The molecule has 2 aromatic carbocycles. The van der Waals surface area contributed by atoms with Crippen molar-refractivity contribution in [3.8, 4) is 17.0 Å². The molecule has 2 N–H and O–H groups in total. The van der Waals surface area contributed by atoms with E-state index < -0.39 is 0 Å². The van der Waals surface area contributed by atoms with Crippen molar-refractivity contribution in [2.75, 3.05) is 6.54 Å². The minimum atomic E-state index is -0.170. The Kier molecular flexibility index (Phi) is 4.17. The Morgan fingerprint density at radius 3 is 2.73 bits per heavy atom. The lowest BCUT2D eigenvalue weighted by Gasteiger charge is -2.27. The van der Waals surface area contributed by atoms with E-state index in [2.05, 4.69) is 10.2 Å². The SMILES string of the molecule is Cc1ccc(C(=O)N2CCc3[nH]nc(-c4ccc(Cl)cc4)c3C2)c(O)c1. The van der Waals surface area contributed by atoms with Crippen molar-refractivity contribution in [1.82, 2.24) is 15.1 Å². The van der Waals surface area contributed by atoms with Gasteiger partial charge in [0.05, 0.1) is 11.3 Å². The second-order valence-electron chi connectivity index (χ2n) is 6.53. The molecule has 2 heterocycles. The average Bonchev–Trinajstić information content (AvgIpc) is 3.05. The number of rotatable bonds is 2. The zero-order valence-electron chi connectivity index (χ0n) is 14.3. The Bertz CT molecular complexity index is 979. The Morgan fingerprint density at radius 2 is 2.00 bits per heavy atom. The number of amides is 1. The van der Waals surface area contributed by atoms with Crippen LogP contribution in [0.3, 0.4) is 0 Å². The van der Waals surface area contributed by atoms with Crippen LogP contribution >= 0.6 is 11.6 Å². The normalized spacial score (nSPS) is 13.5. The van der Waals surface area contributed by atoms with Gasteiger partial charge in [-0.3, -0.25) is 9.89 Å². The Labute approximate surface area is 156 Å². The molecule has 3 aromatic rings. The van der Waals surface area contributed by atoms with Gasteiger partial charge >= 0.3 is 0 Å². The average molecular weight is 368 g/mol. The van der Waals surface area contributed by atoms with E-state index in [1.54, 1.807) is 17.0 Å². The molecule has 0 atom stereocenters. The van der Waals surface area contributed by atoms with E-state index in [4.69, 9.17) is 11.6 Å². The number of carbonyl (C=O) groups excluding carboxylic acids is 1. The van der Waals surface area contributed by atoms with Crippen LogP contribution in [0.25, 0.3) is 11.3 Å². The van der Waals surface area contributed by atoms with Gasteiger partial charge in [0.1, 0.15) is 5.75 Å². The fraction of sp³-hybridized carbons (Fsp3) is 0.200. The van der Waals surface area contributed by atoms with Gasteiger partial charge in [0.2, 0.25) is 0 Å². The molecule has 0 saturated heterocycles. The van der Waals surface area contributed by atoms with Gasteiger partial charge in [0.25, 0.3) is 5.91 Å². The number of phenols is 1. The van der Waals surface area contributed by atoms with Gasteiger partial charge in [-0.2, -0.15) is 5.10 Å². The number of aromatic nitrogens is 2. The highest BCUT2D eigenvalue weighted by Gasteiger charge is 2.27. The van der Waals surface area contributed by atoms with Crippen LogP contribution in [0.1, 0.15) is 27.2 Å². The van der Waals surface area contributed by atoms with Crippen LogP contribution in [0.15, 0.2) is 42.5 Å². The van der Waals surface area contributed by atoms with E-state index in [1.807, 2.05) is 37.3 Å². The molecule has 1 aliphatic heterocycles. The van der Waals surface area contributed by atoms with Crippen LogP contribution < -0.4 is 0 Å². The number of nitrogens with zero attached hydrogens (tertiary/aromatic N) is 2. The molecule has 1 aliphatic rings. The fourth-order valence-corrected chi connectivity index (χ4v) is 3.43. The molecule has 5 nitrogen and oxygen atoms in total. The van der Waals surface area contributed by atoms with E-state index >= 15 is 0 Å². The quantitative estimate of drug-likeness (QED) is 0.720. The number of aromatic hydroxyl groups is 1. The van der Waals surface area contributed by atoms with Gasteiger partial charge in [-0.1, -0.05) is 29.8 Å². The number of fused-ring (bicyclic) bond motifs is 1. The molecule has 0 spiro atoms. The second-order valence-corrected chi connectivity index (χ2v) is 6.97. The maximum Gasteiger partial charge on any atom is 0.257 e. The van der Waals surface area contributed by atoms with Crippen LogP contribution in [0.5, 0.6) is 5.75 Å². The lowest BCUT2D eigenvalue weighted by atomic mass is 10.00. The highest BCUT2D eigenvalue weighted by Crippen LogP contribution is 2.30. The number of phenolic OH excluding ortho intramolecular Hbond substituents is 1. The maximum atomic E-state index is 12.9. The first-order chi connectivity index (χ1) is 12.5. The lowest BCUT2D eigenvalue weighted by Crippen LogP contribution is -2.36. The predicted octanol–water partition coefficient (Wildman–Crippen LogP) is 3.94. The largest absolute Gasteiger partial charge is 0.507 e. The van der Waals surface area contributed by atoms with Crippen LogP contribution in [0.4, 0.5) is 0 Å². The fourth-order valence-electron chi connectivity index (χ4n) is 3.31. The molecule has 0 unspecified atom stereocenters. The summed E-state index contributed by atoms with van der Waals surface area (Å²) in [5, 5.41) is 18.3. The Balaban J connectivity index is 1.64. The van der Waals surface area contributed by atoms with Crippen LogP contribution in [-0.4, -0.2) is 32.7 Å². The molecular formula is C20H18ClN3O2. The van der Waals surface area contributed by atoms with Gasteiger partial charge in [-0.15, -0.1) is 0 Å². The van der Waals surface area contributed by atoms with Crippen molar-refractivity contribution in [3.05, 3.63) is 69.9 Å². The molecule has 6 heteroatoms. The number of halogens is 1. The topological polar surface area (TPSA) is 69.2 Å². The third-order valence-electron chi connectivity index (χ3n) is 4.72. The number of hydrogen-bond donors (Lipinski definition) is 2. The van der Waals surface area contributed by atoms with Gasteiger partial charge in [-0.25, -0.2) is 0 Å². The Hall–Kier alpha value is -2.79. The zero-order chi connectivity index (χ0) is 18.3. The summed E-state index contributed by atoms with van der Waals surface area (Å²) in [4.78, 5) is 14.6. The number of H-pyrrole nitrogens is 1. The molecule has 0 aliphatic carbocycles. The number of benzene rings is 2. The van der Waals surface area contributed by atoms with Crippen molar-refractivity contribution in [2.24, 2.45) is 0 Å². The summed E-state index contributed by atoms with van der Waals surface area (Å²) in [6, 6.07) is 12.6. The van der Waals surface area contributed by atoms with E-state index in [1.165, 1.54) is 0 Å². The van der Waals surface area contributed by atoms with Crippen molar-refractivity contribution >= 4 is 17.5 Å². The van der Waals surface area contributed by atoms with Gasteiger partial charge in [0, 0.05) is 41.4 Å². The van der Waals surface area contributed by atoms with Crippen molar-refractivity contribution in [3.63, 3.8) is 0 Å². The highest BCUT2D eigenvalue weighted by atomic mass is 35.5. The summed E-state index contributed by atoms with van der Waals surface area (Å²) in [5.74, 6) is -0.151. The van der Waals surface area contributed by atoms with Crippen molar-refractivity contribution in [2.45, 2.75) is 19.9 Å². The third-order valence-corrected chi connectivity index (χ3v) is 4.97. The summed E-state index contributed by atoms with van der Waals surface area (Å²) >= 11 is 5.97. The van der Waals surface area contributed by atoms with Gasteiger partial charge in [-0.05, 0) is 36.8 Å². The van der Waals surface area contributed by atoms with Crippen LogP contribution in [0, 0.1) is 6.92 Å². The number of nitrogens with one attached hydrogen (secondary N) is 1. The smallest absolute Gasteiger partial charge is 0.257 e. The monoisotopic (exact) mass is 367 g/mol. The summed E-state index contributed by atoms with van der Waals surface area (Å²) < 4.78 is 0. The summed E-state index contributed by atoms with van der Waals surface area (Å²) in [6.45, 7) is 2.92. The second kappa shape index (κ2) is 6.50. The first kappa shape index (κ1) is 16.7. The first-order valence-electron chi connectivity index (χ1n) is 8.44. The Morgan fingerprint density at radius 1 is 1.23 bits per heavy atom. The van der Waals surface area contributed by atoms with Gasteiger partial charge in [0.15, 0.2) is 0 Å². The lowest BCUT2D eigenvalue weighted by molar-refractivity contribution is 0.0731. The third kappa shape index (κ3) is 2.95. The molecule has 132 valence electrons. The molecule has 1 amide bonds. The number of aromatic amines is 1. The number of carbonyl (C=O) groups is 1. The maximum absolute atomic E-state index is 12.9. The van der Waals surface area contributed by atoms with E-state index in [9.17, 15) is 9.90 Å². The molecule has 0 fully saturated rings. The summed E-state index contributed by atoms with van der Waals surface area (Å²) in [7, 11) is 0. The first-order valence-corrected chi connectivity index (χ1v) is 8.81. The molecule has 0 bridgehead atoms. The summed E-state index contributed by atoms with van der Waals surface area (Å²) in [6.07, 6.45) is 0.703. The standard InChI is InChI=1S/C20H18ClN3O2/c1-12-2-7-15(18(25)10-12)20(26)24-9-8-17-16(11-24)19(23-22-17)13-3-5-14(21)6-4-13/h2-7,10,25H,8-9,11H2,1H3,(H,22,23). The van der Waals surface area contributed by atoms with Crippen molar-refractivity contribution < 1.29 is 9.90 Å².